The van der Waals surface area contributed by atoms with E-state index < -0.39 is 22.7 Å². The first-order valence-corrected chi connectivity index (χ1v) is 15.6. The molecule has 1 amide bonds. The highest BCUT2D eigenvalue weighted by atomic mass is 16.6. The van der Waals surface area contributed by atoms with Gasteiger partial charge < -0.3 is 14.7 Å². The number of carbonyl (C=O) groups is 2. The van der Waals surface area contributed by atoms with Crippen LogP contribution in [0.25, 0.3) is 5.76 Å². The molecule has 8 nitrogen and oxygen atoms in total. The van der Waals surface area contributed by atoms with Gasteiger partial charge in [0.1, 0.15) is 11.5 Å². The zero-order valence-electron chi connectivity index (χ0n) is 25.2. The summed E-state index contributed by atoms with van der Waals surface area (Å²) in [7, 11) is 1.52. The molecule has 42 heavy (non-hydrogen) atoms. The van der Waals surface area contributed by atoms with Gasteiger partial charge >= 0.3 is 0 Å². The highest BCUT2D eigenvalue weighted by Gasteiger charge is 2.47. The number of amides is 1. The highest BCUT2D eigenvalue weighted by molar-refractivity contribution is 6.46. The number of nitro groups is 1. The predicted molar refractivity (Wildman–Crippen MR) is 165 cm³/mol. The number of methoxy groups -OCH3 is 1. The third kappa shape index (κ3) is 8.91. The number of unbranched alkanes of at least 4 members (excludes halogenated alkanes) is 13. The van der Waals surface area contributed by atoms with Crippen molar-refractivity contribution in [1.29, 1.82) is 0 Å². The Labute approximate surface area is 249 Å². The Kier molecular flexibility index (Phi) is 13.5. The number of ether oxygens (including phenoxy) is 1. The number of ketones is 1. The monoisotopic (exact) mass is 578 g/mol. The van der Waals surface area contributed by atoms with Crippen LogP contribution in [0.3, 0.4) is 0 Å². The number of likely N-dealkylation sites (tertiary alicyclic amines) is 1. The van der Waals surface area contributed by atoms with Gasteiger partial charge in [-0.15, -0.1) is 0 Å². The quantitative estimate of drug-likeness (QED) is 0.0447. The largest absolute Gasteiger partial charge is 0.507 e. The van der Waals surface area contributed by atoms with Crippen molar-refractivity contribution >= 4 is 23.1 Å². The molecule has 0 aliphatic carbocycles. The molecule has 0 unspecified atom stereocenters. The van der Waals surface area contributed by atoms with Crippen molar-refractivity contribution in [2.45, 2.75) is 103 Å². The first kappa shape index (κ1) is 32.8. The van der Waals surface area contributed by atoms with E-state index in [1.807, 2.05) is 0 Å². The number of aliphatic hydroxyl groups excluding tert-OH is 1. The average Bonchev–Trinajstić information content (AvgIpc) is 3.25. The van der Waals surface area contributed by atoms with Gasteiger partial charge in [-0.1, -0.05) is 103 Å². The van der Waals surface area contributed by atoms with Crippen LogP contribution in [0.4, 0.5) is 5.69 Å². The first-order valence-electron chi connectivity index (χ1n) is 15.6. The van der Waals surface area contributed by atoms with Crippen LogP contribution in [0.5, 0.6) is 5.75 Å². The van der Waals surface area contributed by atoms with Crippen molar-refractivity contribution in [1.82, 2.24) is 4.90 Å². The Hall–Kier alpha value is -3.68. The van der Waals surface area contributed by atoms with Crippen LogP contribution < -0.4 is 4.74 Å². The summed E-state index contributed by atoms with van der Waals surface area (Å²) >= 11 is 0. The van der Waals surface area contributed by atoms with E-state index in [4.69, 9.17) is 4.74 Å². The molecule has 1 aliphatic rings. The average molecular weight is 579 g/mol. The Bertz CT molecular complexity index is 1210. The van der Waals surface area contributed by atoms with Crippen molar-refractivity contribution in [3.05, 3.63) is 75.3 Å². The number of Topliss-reactive ketones (excluding diaryl/α,β-unsaturated/α-hetero) is 1. The van der Waals surface area contributed by atoms with Crippen LogP contribution >= 0.6 is 0 Å². The smallest absolute Gasteiger partial charge is 0.295 e. The Balaban J connectivity index is 1.62. The van der Waals surface area contributed by atoms with Gasteiger partial charge in [-0.2, -0.15) is 0 Å². The van der Waals surface area contributed by atoms with Crippen molar-refractivity contribution in [2.75, 3.05) is 13.7 Å². The molecule has 2 aromatic carbocycles. The Morgan fingerprint density at radius 2 is 1.36 bits per heavy atom. The molecule has 0 saturated carbocycles. The lowest BCUT2D eigenvalue weighted by Crippen LogP contribution is -2.31. The molecule has 0 spiro atoms. The van der Waals surface area contributed by atoms with E-state index in [-0.39, 0.29) is 29.1 Å². The molecule has 1 atom stereocenters. The fourth-order valence-electron chi connectivity index (χ4n) is 5.70. The van der Waals surface area contributed by atoms with E-state index in [0.717, 1.165) is 19.3 Å². The van der Waals surface area contributed by atoms with E-state index in [0.29, 0.717) is 17.7 Å². The molecule has 8 heteroatoms. The zero-order chi connectivity index (χ0) is 30.3. The SMILES string of the molecule is CCCCCCCCCCCCCCCCN1C(=O)C(=O)/C(=C(/O)c2ccc(OC)cc2)[C@H]1c1ccccc1[N+](=O)[O-]. The second-order valence-electron chi connectivity index (χ2n) is 11.1. The van der Waals surface area contributed by atoms with Crippen LogP contribution in [0, 0.1) is 10.1 Å². The number of aliphatic hydroxyl groups is 1. The van der Waals surface area contributed by atoms with Gasteiger partial charge in [0.25, 0.3) is 17.4 Å². The Morgan fingerprint density at radius 1 is 0.833 bits per heavy atom. The summed E-state index contributed by atoms with van der Waals surface area (Å²) in [6, 6.07) is 11.5. The lowest BCUT2D eigenvalue weighted by atomic mass is 9.94. The predicted octanol–water partition coefficient (Wildman–Crippen LogP) is 8.51. The Morgan fingerprint density at radius 3 is 1.88 bits per heavy atom. The summed E-state index contributed by atoms with van der Waals surface area (Å²) in [4.78, 5) is 39.2. The number of hydrogen-bond donors (Lipinski definition) is 1. The molecule has 1 saturated heterocycles. The maximum atomic E-state index is 13.3. The fourth-order valence-corrected chi connectivity index (χ4v) is 5.70. The normalized spacial score (nSPS) is 16.2. The lowest BCUT2D eigenvalue weighted by molar-refractivity contribution is -0.385. The molecule has 0 bridgehead atoms. The zero-order valence-corrected chi connectivity index (χ0v) is 25.2. The van der Waals surface area contributed by atoms with Crippen molar-refractivity contribution in [2.24, 2.45) is 0 Å². The van der Waals surface area contributed by atoms with Gasteiger partial charge in [0.05, 0.1) is 29.2 Å². The number of nitro benzene ring substituents is 1. The molecule has 1 fully saturated rings. The molecule has 2 aromatic rings. The summed E-state index contributed by atoms with van der Waals surface area (Å²) in [5.74, 6) is -1.37. The molecule has 228 valence electrons. The maximum absolute atomic E-state index is 13.3. The number of hydrogen-bond acceptors (Lipinski definition) is 6. The van der Waals surface area contributed by atoms with E-state index >= 15 is 0 Å². The molecule has 3 rings (SSSR count). The van der Waals surface area contributed by atoms with Crippen molar-refractivity contribution in [3.63, 3.8) is 0 Å². The van der Waals surface area contributed by atoms with Crippen molar-refractivity contribution in [3.8, 4) is 5.75 Å². The lowest BCUT2D eigenvalue weighted by Gasteiger charge is -2.25. The number of carbonyl (C=O) groups excluding carboxylic acids is 2. The minimum Gasteiger partial charge on any atom is -0.507 e. The van der Waals surface area contributed by atoms with Gasteiger partial charge in [-0.3, -0.25) is 19.7 Å². The van der Waals surface area contributed by atoms with Crippen LogP contribution in [0.1, 0.15) is 114 Å². The first-order chi connectivity index (χ1) is 20.4. The number of benzene rings is 2. The standard InChI is InChI=1S/C34H46N2O6/c1-3-4-5-6-7-8-9-10-11-12-13-14-15-18-25-35-31(28-19-16-17-20-29(28)36(40)41)30(33(38)34(35)39)32(37)26-21-23-27(42-2)24-22-26/h16-17,19-24,31,37H,3-15,18,25H2,1-2H3/b32-30+/t31-/m1/s1. The topological polar surface area (TPSA) is 110 Å². The van der Waals surface area contributed by atoms with Gasteiger partial charge in [0.2, 0.25) is 0 Å². The second kappa shape index (κ2) is 17.3. The van der Waals surface area contributed by atoms with Crippen molar-refractivity contribution < 1.29 is 24.4 Å². The second-order valence-corrected chi connectivity index (χ2v) is 11.1. The van der Waals surface area contributed by atoms with E-state index in [9.17, 15) is 24.8 Å². The van der Waals surface area contributed by atoms with E-state index in [1.165, 1.54) is 82.3 Å². The molecule has 1 heterocycles. The van der Waals surface area contributed by atoms with Gasteiger partial charge in [-0.25, -0.2) is 0 Å². The summed E-state index contributed by atoms with van der Waals surface area (Å²) < 4.78 is 5.18. The van der Waals surface area contributed by atoms with E-state index in [1.54, 1.807) is 42.5 Å². The summed E-state index contributed by atoms with van der Waals surface area (Å²) in [5, 5.41) is 23.1. The minimum atomic E-state index is -1.05. The molecule has 1 N–H and O–H groups in total. The van der Waals surface area contributed by atoms with Crippen LogP contribution in [-0.2, 0) is 9.59 Å². The third-order valence-corrected chi connectivity index (χ3v) is 8.08. The molecule has 0 aromatic heterocycles. The fraction of sp³-hybridized carbons (Fsp3) is 0.529. The summed E-state index contributed by atoms with van der Waals surface area (Å²) in [6.07, 6.45) is 16.8. The maximum Gasteiger partial charge on any atom is 0.295 e. The molecular formula is C34H46N2O6. The van der Waals surface area contributed by atoms with Gasteiger partial charge in [0.15, 0.2) is 0 Å². The van der Waals surface area contributed by atoms with Gasteiger partial charge in [0, 0.05) is 18.2 Å². The molecule has 1 aliphatic heterocycles. The number of nitrogens with zero attached hydrogens (tertiary/aromatic N) is 2. The van der Waals surface area contributed by atoms with Crippen LogP contribution in [0.15, 0.2) is 54.1 Å². The molecular weight excluding hydrogens is 532 g/mol. The molecule has 0 radical (unpaired) electrons. The number of rotatable bonds is 19. The van der Waals surface area contributed by atoms with E-state index in [2.05, 4.69) is 6.92 Å². The summed E-state index contributed by atoms with van der Waals surface area (Å²) in [5.41, 5.74) is 0.205. The van der Waals surface area contributed by atoms with Gasteiger partial charge in [-0.05, 0) is 36.8 Å². The third-order valence-electron chi connectivity index (χ3n) is 8.08. The number of para-hydroxylation sites is 1. The highest BCUT2D eigenvalue weighted by Crippen LogP contribution is 2.42. The van der Waals surface area contributed by atoms with Crippen LogP contribution in [-0.4, -0.2) is 40.3 Å². The van der Waals surface area contributed by atoms with Crippen LogP contribution in [0.2, 0.25) is 0 Å². The minimum absolute atomic E-state index is 0.134. The summed E-state index contributed by atoms with van der Waals surface area (Å²) in [6.45, 7) is 2.52.